The number of hydrogen-bond donors (Lipinski definition) is 0. The molecule has 0 bridgehead atoms. The van der Waals surface area contributed by atoms with Crippen molar-refractivity contribution in [2.24, 2.45) is 3.77 Å². The van der Waals surface area contributed by atoms with Crippen LogP contribution in [0.15, 0.2) is 28.0 Å². The summed E-state index contributed by atoms with van der Waals surface area (Å²) in [7, 11) is -5.40. The fourth-order valence-corrected chi connectivity index (χ4v) is 4.41. The molecule has 1 rings (SSSR count). The van der Waals surface area contributed by atoms with E-state index in [-0.39, 0.29) is 5.75 Å². The van der Waals surface area contributed by atoms with Crippen molar-refractivity contribution in [1.29, 1.82) is 0 Å². The highest BCUT2D eigenvalue weighted by Crippen LogP contribution is 2.23. The maximum absolute atomic E-state index is 12.9. The highest BCUT2D eigenvalue weighted by atomic mass is 32.3. The van der Waals surface area contributed by atoms with Crippen molar-refractivity contribution >= 4 is 19.9 Å². The van der Waals surface area contributed by atoms with E-state index in [1.54, 1.807) is 13.8 Å². The maximum Gasteiger partial charge on any atom is 0.330 e. The Hall–Kier alpha value is -0.990. The molecule has 0 radical (unpaired) electrons. The molecule has 0 amide bonds. The van der Waals surface area contributed by atoms with Crippen molar-refractivity contribution in [2.45, 2.75) is 19.9 Å². The summed E-state index contributed by atoms with van der Waals surface area (Å²) >= 11 is 0. The van der Waals surface area contributed by atoms with Crippen molar-refractivity contribution < 1.29 is 17.0 Å². The molecular weight excluding hydrogens is 303 g/mol. The van der Waals surface area contributed by atoms with Crippen molar-refractivity contribution in [2.75, 3.05) is 19.1 Å². The van der Waals surface area contributed by atoms with Crippen molar-refractivity contribution in [3.05, 3.63) is 35.6 Å². The van der Waals surface area contributed by atoms with Crippen LogP contribution in [0.4, 0.5) is 4.39 Å². The molecule has 0 N–H and O–H groups in total. The molecule has 1 aromatic rings. The van der Waals surface area contributed by atoms with Gasteiger partial charge in [-0.25, -0.2) is 8.60 Å². The van der Waals surface area contributed by atoms with Gasteiger partial charge in [0.25, 0.3) is 0 Å². The van der Waals surface area contributed by atoms with Crippen LogP contribution in [0.25, 0.3) is 0 Å². The van der Waals surface area contributed by atoms with Crippen LogP contribution in [0.3, 0.4) is 0 Å². The second-order valence-electron chi connectivity index (χ2n) is 4.54. The molecular formula is C12H19FN2O3S2. The first-order valence-corrected chi connectivity index (χ1v) is 9.52. The number of hydrogen-bond acceptors (Lipinski definition) is 3. The van der Waals surface area contributed by atoms with Gasteiger partial charge < -0.3 is 0 Å². The van der Waals surface area contributed by atoms with E-state index in [4.69, 9.17) is 0 Å². The molecule has 0 aliphatic heterocycles. The van der Waals surface area contributed by atoms with Crippen LogP contribution in [0.1, 0.15) is 25.5 Å². The summed E-state index contributed by atoms with van der Waals surface area (Å²) in [6, 6.07) is 5.01. The van der Waals surface area contributed by atoms with E-state index in [0.29, 0.717) is 5.56 Å². The molecule has 0 aliphatic rings. The Morgan fingerprint density at radius 2 is 1.75 bits per heavy atom. The molecule has 0 spiro atoms. The molecule has 0 saturated heterocycles. The molecule has 8 heteroatoms. The first-order chi connectivity index (χ1) is 9.09. The highest BCUT2D eigenvalue weighted by molar-refractivity contribution is 8.02. The van der Waals surface area contributed by atoms with Gasteiger partial charge in [0.05, 0.1) is 9.73 Å². The van der Waals surface area contributed by atoms with Gasteiger partial charge in [0.1, 0.15) is 5.82 Å². The van der Waals surface area contributed by atoms with Crippen LogP contribution < -0.4 is 0 Å². The van der Waals surface area contributed by atoms with Crippen LogP contribution in [0, 0.1) is 5.82 Å². The van der Waals surface area contributed by atoms with Gasteiger partial charge in [-0.2, -0.15) is 12.7 Å². The molecule has 5 nitrogen and oxygen atoms in total. The summed E-state index contributed by atoms with van der Waals surface area (Å²) in [5.74, 6) is -0.232. The van der Waals surface area contributed by atoms with Crippen LogP contribution in [-0.4, -0.2) is 36.0 Å². The minimum atomic E-state index is -4.00. The van der Waals surface area contributed by atoms with E-state index in [1.165, 1.54) is 37.6 Å². The fourth-order valence-electron chi connectivity index (χ4n) is 1.46. The topological polar surface area (TPSA) is 66.8 Å². The van der Waals surface area contributed by atoms with Gasteiger partial charge in [0.2, 0.25) is 0 Å². The second kappa shape index (κ2) is 6.19. The average Bonchev–Trinajstić information content (AvgIpc) is 2.36. The molecule has 0 aromatic heterocycles. The van der Waals surface area contributed by atoms with Gasteiger partial charge in [-0.15, -0.1) is 0 Å². The van der Waals surface area contributed by atoms with E-state index in [9.17, 15) is 17.0 Å². The lowest BCUT2D eigenvalue weighted by Crippen LogP contribution is -2.29. The summed E-state index contributed by atoms with van der Waals surface area (Å²) in [4.78, 5) is 0. The molecule has 0 fully saturated rings. The van der Waals surface area contributed by atoms with Gasteiger partial charge in [-0.3, -0.25) is 0 Å². The monoisotopic (exact) mass is 322 g/mol. The Kier molecular flexibility index (Phi) is 5.28. The van der Waals surface area contributed by atoms with Gasteiger partial charge in [-0.05, 0) is 24.6 Å². The quantitative estimate of drug-likeness (QED) is 0.834. The van der Waals surface area contributed by atoms with Gasteiger partial charge in [-0.1, -0.05) is 22.8 Å². The van der Waals surface area contributed by atoms with Crippen LogP contribution in [0.2, 0.25) is 0 Å². The highest BCUT2D eigenvalue weighted by Gasteiger charge is 2.25. The predicted octanol–water partition coefficient (Wildman–Crippen LogP) is 2.18. The van der Waals surface area contributed by atoms with Gasteiger partial charge in [0, 0.05) is 25.1 Å². The van der Waals surface area contributed by atoms with Crippen LogP contribution >= 0.6 is 0 Å². The minimum Gasteiger partial charge on any atom is -0.249 e. The summed E-state index contributed by atoms with van der Waals surface area (Å²) in [6.45, 7) is 3.27. The normalized spacial score (nSPS) is 16.7. The van der Waals surface area contributed by atoms with Crippen LogP contribution in [-0.2, 0) is 19.9 Å². The lowest BCUT2D eigenvalue weighted by Gasteiger charge is -2.22. The Bertz CT molecular complexity index is 677. The van der Waals surface area contributed by atoms with E-state index in [1.807, 2.05) is 0 Å². The average molecular weight is 322 g/mol. The zero-order chi connectivity index (χ0) is 15.6. The van der Waals surface area contributed by atoms with Crippen LogP contribution in [0.5, 0.6) is 0 Å². The Balaban J connectivity index is 3.11. The third-order valence-corrected chi connectivity index (χ3v) is 7.18. The van der Waals surface area contributed by atoms with E-state index in [2.05, 4.69) is 3.77 Å². The Labute approximate surface area is 120 Å². The lowest BCUT2D eigenvalue weighted by atomic mass is 10.1. The molecule has 1 aromatic carbocycles. The second-order valence-corrected chi connectivity index (χ2v) is 9.11. The molecule has 114 valence electrons. The Morgan fingerprint density at radius 3 is 2.20 bits per heavy atom. The number of halogens is 1. The molecule has 0 saturated carbocycles. The Morgan fingerprint density at radius 1 is 1.25 bits per heavy atom. The first-order valence-electron chi connectivity index (χ1n) is 6.03. The van der Waals surface area contributed by atoms with Crippen molar-refractivity contribution in [3.63, 3.8) is 0 Å². The third kappa shape index (κ3) is 4.26. The number of benzene rings is 1. The van der Waals surface area contributed by atoms with E-state index < -0.39 is 31.8 Å². The standard InChI is InChI=1S/C12H19FN2O3S2/c1-5-19(4,16)14-20(17,18)15(3)10(2)11-6-8-12(13)9-7-11/h6-10H,5H2,1-4H3. The van der Waals surface area contributed by atoms with Gasteiger partial charge in [0.15, 0.2) is 0 Å². The van der Waals surface area contributed by atoms with Crippen molar-refractivity contribution in [1.82, 2.24) is 4.31 Å². The molecule has 0 heterocycles. The zero-order valence-corrected chi connectivity index (χ0v) is 13.5. The molecule has 2 atom stereocenters. The fraction of sp³-hybridized carbons (Fsp3) is 0.500. The lowest BCUT2D eigenvalue weighted by molar-refractivity contribution is 0.399. The zero-order valence-electron chi connectivity index (χ0n) is 11.9. The molecule has 20 heavy (non-hydrogen) atoms. The maximum atomic E-state index is 12.9. The molecule has 0 aliphatic carbocycles. The summed E-state index contributed by atoms with van der Waals surface area (Å²) < 4.78 is 53.4. The molecule has 2 unspecified atom stereocenters. The minimum absolute atomic E-state index is 0.158. The van der Waals surface area contributed by atoms with E-state index >= 15 is 0 Å². The number of rotatable bonds is 5. The van der Waals surface area contributed by atoms with Crippen molar-refractivity contribution in [3.8, 4) is 0 Å². The van der Waals surface area contributed by atoms with Gasteiger partial charge >= 0.3 is 10.2 Å². The van der Waals surface area contributed by atoms with E-state index in [0.717, 1.165) is 4.31 Å². The SMILES string of the molecule is CCS(C)(=O)=NS(=O)(=O)N(C)C(C)c1ccc(F)cc1. The largest absolute Gasteiger partial charge is 0.330 e. The summed E-state index contributed by atoms with van der Waals surface area (Å²) in [6.07, 6.45) is 1.31. The predicted molar refractivity (Wildman–Crippen MR) is 78.5 cm³/mol. The smallest absolute Gasteiger partial charge is 0.249 e. The first kappa shape index (κ1) is 17.1. The third-order valence-electron chi connectivity index (χ3n) is 3.05. The summed E-state index contributed by atoms with van der Waals surface area (Å²) in [5.41, 5.74) is 0.631. The summed E-state index contributed by atoms with van der Waals surface area (Å²) in [5, 5.41) is 0. The number of nitrogens with zero attached hydrogens (tertiary/aromatic N) is 2.